The summed E-state index contributed by atoms with van der Waals surface area (Å²) in [6.45, 7) is 0.230. The third-order valence-electron chi connectivity index (χ3n) is 2.40. The Kier molecular flexibility index (Phi) is 2.58. The monoisotopic (exact) mass is 242 g/mol. The molecule has 0 saturated carbocycles. The van der Waals surface area contributed by atoms with E-state index < -0.39 is 0 Å². The molecule has 18 heavy (non-hydrogen) atoms. The predicted octanol–water partition coefficient (Wildman–Crippen LogP) is 0.776. The van der Waals surface area contributed by atoms with Crippen LogP contribution in [0.5, 0.6) is 0 Å². The van der Waals surface area contributed by atoms with Crippen molar-refractivity contribution in [3.8, 4) is 17.1 Å². The topological polar surface area (TPSA) is 95.7 Å². The maximum Gasteiger partial charge on any atom is 0.240 e. The zero-order valence-corrected chi connectivity index (χ0v) is 9.39. The van der Waals surface area contributed by atoms with Crippen LogP contribution in [0, 0.1) is 0 Å². The molecule has 0 atom stereocenters. The minimum atomic E-state index is 0.230. The molecule has 7 nitrogen and oxygen atoms in total. The van der Waals surface area contributed by atoms with Gasteiger partial charge >= 0.3 is 0 Å². The highest BCUT2D eigenvalue weighted by atomic mass is 16.5. The number of hydrogen-bond donors (Lipinski definition) is 1. The van der Waals surface area contributed by atoms with Gasteiger partial charge < -0.3 is 10.3 Å². The van der Waals surface area contributed by atoms with E-state index in [1.165, 1.54) is 4.80 Å². The van der Waals surface area contributed by atoms with E-state index in [-0.39, 0.29) is 6.54 Å². The molecule has 3 aromatic rings. The maximum atomic E-state index is 5.43. The maximum absolute atomic E-state index is 5.43. The number of rotatable bonds is 3. The summed E-state index contributed by atoms with van der Waals surface area (Å²) in [7, 11) is 0. The number of benzene rings is 1. The Hall–Kier alpha value is -2.54. The number of nitrogens with two attached hydrogens (primary N) is 1. The first-order valence-electron chi connectivity index (χ1n) is 5.36. The summed E-state index contributed by atoms with van der Waals surface area (Å²) in [6.07, 6.45) is 3.24. The molecule has 0 fully saturated rings. The third kappa shape index (κ3) is 1.87. The second-order valence-corrected chi connectivity index (χ2v) is 3.58. The van der Waals surface area contributed by atoms with Gasteiger partial charge in [-0.15, -0.1) is 0 Å². The Bertz CT molecular complexity index is 645. The van der Waals surface area contributed by atoms with Crippen molar-refractivity contribution < 1.29 is 4.52 Å². The van der Waals surface area contributed by atoms with Crippen molar-refractivity contribution in [2.45, 2.75) is 6.54 Å². The van der Waals surface area contributed by atoms with Crippen LogP contribution in [-0.4, -0.2) is 25.1 Å². The highest BCUT2D eigenvalue weighted by molar-refractivity contribution is 5.58. The number of hydrogen-bond acceptors (Lipinski definition) is 6. The molecule has 3 rings (SSSR count). The van der Waals surface area contributed by atoms with Gasteiger partial charge in [0.1, 0.15) is 0 Å². The molecule has 7 heteroatoms. The second-order valence-electron chi connectivity index (χ2n) is 3.58. The van der Waals surface area contributed by atoms with Crippen molar-refractivity contribution in [1.29, 1.82) is 0 Å². The highest BCUT2D eigenvalue weighted by Gasteiger charge is 2.08. The summed E-state index contributed by atoms with van der Waals surface area (Å²) in [5.74, 6) is 0.914. The molecular formula is C11H10N6O. The first-order chi connectivity index (χ1) is 8.86. The number of aromatic nitrogens is 5. The highest BCUT2D eigenvalue weighted by Crippen LogP contribution is 2.18. The molecule has 0 aliphatic rings. The van der Waals surface area contributed by atoms with E-state index in [4.69, 9.17) is 10.3 Å². The molecule has 2 heterocycles. The summed E-state index contributed by atoms with van der Waals surface area (Å²) in [5.41, 5.74) is 7.09. The minimum Gasteiger partial charge on any atom is -0.338 e. The van der Waals surface area contributed by atoms with Crippen molar-refractivity contribution in [1.82, 2.24) is 25.1 Å². The molecule has 90 valence electrons. The van der Waals surface area contributed by atoms with Gasteiger partial charge in [0.25, 0.3) is 0 Å². The summed E-state index contributed by atoms with van der Waals surface area (Å²) in [6, 6.07) is 7.54. The molecule has 0 radical (unpaired) electrons. The van der Waals surface area contributed by atoms with Gasteiger partial charge in [0.2, 0.25) is 11.7 Å². The predicted molar refractivity (Wildman–Crippen MR) is 62.5 cm³/mol. The Morgan fingerprint density at radius 3 is 2.78 bits per heavy atom. The van der Waals surface area contributed by atoms with Crippen LogP contribution in [0.3, 0.4) is 0 Å². The largest absolute Gasteiger partial charge is 0.338 e. The Morgan fingerprint density at radius 1 is 1.22 bits per heavy atom. The fraction of sp³-hybridized carbons (Fsp3) is 0.0909. The van der Waals surface area contributed by atoms with E-state index in [0.29, 0.717) is 11.7 Å². The quantitative estimate of drug-likeness (QED) is 0.729. The summed E-state index contributed by atoms with van der Waals surface area (Å²) >= 11 is 0. The Balaban J connectivity index is 2.00. The van der Waals surface area contributed by atoms with Gasteiger partial charge in [-0.1, -0.05) is 17.3 Å². The van der Waals surface area contributed by atoms with Crippen molar-refractivity contribution in [2.24, 2.45) is 5.73 Å². The Labute approximate surface area is 102 Å². The molecule has 0 amide bonds. The normalized spacial score (nSPS) is 10.7. The van der Waals surface area contributed by atoms with Crippen molar-refractivity contribution in [3.05, 3.63) is 42.5 Å². The van der Waals surface area contributed by atoms with Crippen molar-refractivity contribution in [3.63, 3.8) is 0 Å². The number of nitrogens with zero attached hydrogens (tertiary/aromatic N) is 5. The molecule has 2 aromatic heterocycles. The van der Waals surface area contributed by atoms with Crippen LogP contribution in [0.15, 0.2) is 41.2 Å². The molecule has 0 unspecified atom stereocenters. The van der Waals surface area contributed by atoms with Crippen LogP contribution in [0.1, 0.15) is 5.89 Å². The van der Waals surface area contributed by atoms with Gasteiger partial charge in [0.15, 0.2) is 0 Å². The Morgan fingerprint density at radius 2 is 2.06 bits per heavy atom. The first kappa shape index (κ1) is 10.6. The lowest BCUT2D eigenvalue weighted by Gasteiger charge is -2.00. The first-order valence-corrected chi connectivity index (χ1v) is 5.36. The molecule has 0 aliphatic heterocycles. The van der Waals surface area contributed by atoms with Crippen molar-refractivity contribution in [2.75, 3.05) is 0 Å². The van der Waals surface area contributed by atoms with Gasteiger partial charge in [0.05, 0.1) is 24.6 Å². The van der Waals surface area contributed by atoms with Gasteiger partial charge in [-0.2, -0.15) is 20.0 Å². The SMILES string of the molecule is NCc1nc(-c2cccc(-n3nccn3)c2)no1. The van der Waals surface area contributed by atoms with E-state index in [9.17, 15) is 0 Å². The van der Waals surface area contributed by atoms with Gasteiger partial charge in [-0.3, -0.25) is 0 Å². The van der Waals surface area contributed by atoms with Crippen LogP contribution in [0.4, 0.5) is 0 Å². The molecule has 1 aromatic carbocycles. The summed E-state index contributed by atoms with van der Waals surface area (Å²) < 4.78 is 4.97. The van der Waals surface area contributed by atoms with Crippen LogP contribution in [-0.2, 0) is 6.54 Å². The zero-order chi connectivity index (χ0) is 12.4. The standard InChI is InChI=1S/C11H10N6O/c12-7-10-15-11(16-18-10)8-2-1-3-9(6-8)17-13-4-5-14-17/h1-6H,7,12H2. The molecule has 0 aliphatic carbocycles. The summed E-state index contributed by atoms with van der Waals surface area (Å²) in [5, 5.41) is 12.0. The lowest BCUT2D eigenvalue weighted by molar-refractivity contribution is 0.380. The molecular weight excluding hydrogens is 232 g/mol. The molecule has 2 N–H and O–H groups in total. The van der Waals surface area contributed by atoms with Gasteiger partial charge in [0, 0.05) is 5.56 Å². The van der Waals surface area contributed by atoms with Crippen LogP contribution >= 0.6 is 0 Å². The average molecular weight is 242 g/mol. The van der Waals surface area contributed by atoms with E-state index in [0.717, 1.165) is 11.3 Å². The smallest absolute Gasteiger partial charge is 0.240 e. The lowest BCUT2D eigenvalue weighted by Crippen LogP contribution is -1.98. The zero-order valence-electron chi connectivity index (χ0n) is 9.39. The van der Waals surface area contributed by atoms with Crippen molar-refractivity contribution >= 4 is 0 Å². The minimum absolute atomic E-state index is 0.230. The third-order valence-corrected chi connectivity index (χ3v) is 2.40. The van der Waals surface area contributed by atoms with Gasteiger partial charge in [-0.25, -0.2) is 0 Å². The second kappa shape index (κ2) is 4.38. The van der Waals surface area contributed by atoms with E-state index in [2.05, 4.69) is 20.3 Å². The molecule has 0 bridgehead atoms. The van der Waals surface area contributed by atoms with Crippen LogP contribution in [0.25, 0.3) is 17.1 Å². The van der Waals surface area contributed by atoms with E-state index >= 15 is 0 Å². The van der Waals surface area contributed by atoms with E-state index in [1.807, 2.05) is 24.3 Å². The lowest BCUT2D eigenvalue weighted by atomic mass is 10.2. The van der Waals surface area contributed by atoms with Crippen LogP contribution in [0.2, 0.25) is 0 Å². The fourth-order valence-corrected chi connectivity index (χ4v) is 1.57. The van der Waals surface area contributed by atoms with Gasteiger partial charge in [-0.05, 0) is 12.1 Å². The average Bonchev–Trinajstić information content (AvgIpc) is 3.10. The fourth-order valence-electron chi connectivity index (χ4n) is 1.57. The van der Waals surface area contributed by atoms with Crippen LogP contribution < -0.4 is 5.73 Å². The molecule has 0 spiro atoms. The van der Waals surface area contributed by atoms with E-state index in [1.54, 1.807) is 12.4 Å². The molecule has 0 saturated heterocycles. The summed E-state index contributed by atoms with van der Waals surface area (Å²) in [4.78, 5) is 5.69.